The number of aromatic nitrogens is 2. The molecule has 118 valence electrons. The lowest BCUT2D eigenvalue weighted by molar-refractivity contribution is 0.0797. The van der Waals surface area contributed by atoms with Gasteiger partial charge in [-0.3, -0.25) is 9.78 Å². The molecular weight excluding hydrogens is 286 g/mol. The number of pyridine rings is 1. The Morgan fingerprint density at radius 2 is 1.87 bits per heavy atom. The number of hydrogen-bond donors (Lipinski definition) is 0. The van der Waals surface area contributed by atoms with E-state index in [2.05, 4.69) is 15.6 Å². The molecule has 0 unspecified atom stereocenters. The number of likely N-dealkylation sites (N-methyl/N-ethyl adjacent to an activating group) is 1. The highest BCUT2D eigenvalue weighted by Crippen LogP contribution is 2.25. The van der Waals surface area contributed by atoms with E-state index in [1.807, 2.05) is 51.4 Å². The smallest absolute Gasteiger partial charge is 0.256 e. The number of hydrogen-bond acceptors (Lipinski definition) is 2. The summed E-state index contributed by atoms with van der Waals surface area (Å²) >= 11 is 0. The fraction of sp³-hybridized carbons (Fsp3) is 0.263. The zero-order valence-electron chi connectivity index (χ0n) is 13.8. The minimum atomic E-state index is 0.0772. The second kappa shape index (κ2) is 6.24. The van der Waals surface area contributed by atoms with Crippen molar-refractivity contribution in [1.82, 2.24) is 14.5 Å². The number of amides is 1. The normalized spacial score (nSPS) is 10.9. The van der Waals surface area contributed by atoms with Gasteiger partial charge in [-0.05, 0) is 37.1 Å². The molecule has 0 radical (unpaired) electrons. The maximum absolute atomic E-state index is 12.9. The van der Waals surface area contributed by atoms with Crippen LogP contribution in [0.2, 0.25) is 0 Å². The van der Waals surface area contributed by atoms with Gasteiger partial charge in [-0.15, -0.1) is 0 Å². The third kappa shape index (κ3) is 2.84. The maximum Gasteiger partial charge on any atom is 0.256 e. The first kappa shape index (κ1) is 15.3. The molecule has 0 spiro atoms. The average molecular weight is 307 g/mol. The summed E-state index contributed by atoms with van der Waals surface area (Å²) in [4.78, 5) is 18.7. The van der Waals surface area contributed by atoms with Crippen LogP contribution < -0.4 is 0 Å². The number of carbonyl (C=O) groups is 1. The third-order valence-electron chi connectivity index (χ3n) is 4.45. The first-order valence-corrected chi connectivity index (χ1v) is 7.78. The van der Waals surface area contributed by atoms with E-state index in [1.54, 1.807) is 17.3 Å². The van der Waals surface area contributed by atoms with Gasteiger partial charge >= 0.3 is 0 Å². The van der Waals surface area contributed by atoms with E-state index in [-0.39, 0.29) is 5.91 Å². The number of carbonyl (C=O) groups excluding carboxylic acids is 1. The molecule has 0 fully saturated rings. The Morgan fingerprint density at radius 3 is 2.61 bits per heavy atom. The van der Waals surface area contributed by atoms with E-state index in [4.69, 9.17) is 0 Å². The number of nitrogens with zero attached hydrogens (tertiary/aromatic N) is 3. The van der Waals surface area contributed by atoms with Crippen LogP contribution in [0.1, 0.15) is 21.6 Å². The van der Waals surface area contributed by atoms with Gasteiger partial charge in [0.15, 0.2) is 0 Å². The Kier molecular flexibility index (Phi) is 4.15. The molecule has 0 atom stereocenters. The monoisotopic (exact) mass is 307 g/mol. The zero-order chi connectivity index (χ0) is 16.4. The lowest BCUT2D eigenvalue weighted by Gasteiger charge is -2.17. The minimum absolute atomic E-state index is 0.0772. The summed E-state index contributed by atoms with van der Waals surface area (Å²) in [6.45, 7) is 2.69. The Hall–Kier alpha value is -2.62. The van der Waals surface area contributed by atoms with E-state index in [9.17, 15) is 4.79 Å². The summed E-state index contributed by atoms with van der Waals surface area (Å²) in [5.41, 5.74) is 4.09. The highest BCUT2D eigenvalue weighted by molar-refractivity contribution is 6.08. The summed E-state index contributed by atoms with van der Waals surface area (Å²) in [5, 5.41) is 1.02. The topological polar surface area (TPSA) is 38.1 Å². The summed E-state index contributed by atoms with van der Waals surface area (Å²) < 4.78 is 2.08. The molecule has 0 aliphatic rings. The summed E-state index contributed by atoms with van der Waals surface area (Å²) in [6.07, 6.45) is 4.40. The predicted octanol–water partition coefficient (Wildman–Crippen LogP) is 3.20. The predicted molar refractivity (Wildman–Crippen MR) is 92.6 cm³/mol. The number of fused-ring (bicyclic) bond motifs is 1. The number of rotatable bonds is 4. The summed E-state index contributed by atoms with van der Waals surface area (Å²) in [7, 11) is 3.87. The van der Waals surface area contributed by atoms with Crippen LogP contribution in [-0.2, 0) is 13.5 Å². The average Bonchev–Trinajstić information content (AvgIpc) is 2.84. The molecule has 0 aliphatic carbocycles. The molecule has 2 aromatic heterocycles. The van der Waals surface area contributed by atoms with Crippen LogP contribution in [0.15, 0.2) is 48.8 Å². The molecule has 4 heteroatoms. The lowest BCUT2D eigenvalue weighted by atomic mass is 10.1. The molecular formula is C19H21N3O. The first-order chi connectivity index (χ1) is 11.1. The van der Waals surface area contributed by atoms with E-state index in [0.29, 0.717) is 6.54 Å². The highest BCUT2D eigenvalue weighted by Gasteiger charge is 2.20. The van der Waals surface area contributed by atoms with Crippen molar-refractivity contribution in [2.45, 2.75) is 13.3 Å². The van der Waals surface area contributed by atoms with Crippen molar-refractivity contribution in [3.63, 3.8) is 0 Å². The largest absolute Gasteiger partial charge is 0.347 e. The Labute approximate surface area is 136 Å². The quantitative estimate of drug-likeness (QED) is 0.742. The fourth-order valence-electron chi connectivity index (χ4n) is 2.93. The van der Waals surface area contributed by atoms with Gasteiger partial charge in [-0.25, -0.2) is 0 Å². The molecule has 23 heavy (non-hydrogen) atoms. The van der Waals surface area contributed by atoms with Crippen molar-refractivity contribution in [3.05, 3.63) is 65.6 Å². The van der Waals surface area contributed by atoms with Crippen LogP contribution >= 0.6 is 0 Å². The summed E-state index contributed by atoms with van der Waals surface area (Å²) in [6, 6.07) is 12.0. The van der Waals surface area contributed by atoms with Gasteiger partial charge in [0.1, 0.15) is 0 Å². The Morgan fingerprint density at radius 1 is 1.17 bits per heavy atom. The molecule has 3 aromatic rings. The van der Waals surface area contributed by atoms with Gasteiger partial charge in [-0.2, -0.15) is 0 Å². The molecule has 0 bridgehead atoms. The minimum Gasteiger partial charge on any atom is -0.347 e. The third-order valence-corrected chi connectivity index (χ3v) is 4.45. The second-order valence-corrected chi connectivity index (χ2v) is 5.87. The van der Waals surface area contributed by atoms with E-state index in [0.717, 1.165) is 28.6 Å². The molecule has 0 saturated heterocycles. The van der Waals surface area contributed by atoms with Crippen molar-refractivity contribution in [2.75, 3.05) is 13.6 Å². The van der Waals surface area contributed by atoms with Crippen LogP contribution in [-0.4, -0.2) is 34.0 Å². The van der Waals surface area contributed by atoms with Crippen molar-refractivity contribution in [3.8, 4) is 0 Å². The van der Waals surface area contributed by atoms with E-state index in [1.165, 1.54) is 5.56 Å². The van der Waals surface area contributed by atoms with E-state index < -0.39 is 0 Å². The summed E-state index contributed by atoms with van der Waals surface area (Å²) in [5.74, 6) is 0.0772. The van der Waals surface area contributed by atoms with Crippen molar-refractivity contribution >= 4 is 16.8 Å². The van der Waals surface area contributed by atoms with Gasteiger partial charge in [-0.1, -0.05) is 18.2 Å². The van der Waals surface area contributed by atoms with Gasteiger partial charge < -0.3 is 9.47 Å². The van der Waals surface area contributed by atoms with Crippen molar-refractivity contribution < 1.29 is 4.79 Å². The molecule has 0 aliphatic heterocycles. The first-order valence-electron chi connectivity index (χ1n) is 7.78. The second-order valence-electron chi connectivity index (χ2n) is 5.87. The maximum atomic E-state index is 12.9. The Balaban J connectivity index is 1.84. The van der Waals surface area contributed by atoms with Gasteiger partial charge in [0.2, 0.25) is 0 Å². The van der Waals surface area contributed by atoms with Crippen LogP contribution in [0.3, 0.4) is 0 Å². The van der Waals surface area contributed by atoms with Gasteiger partial charge in [0.25, 0.3) is 5.91 Å². The fourth-order valence-corrected chi connectivity index (χ4v) is 2.93. The molecule has 1 aromatic carbocycles. The van der Waals surface area contributed by atoms with Crippen LogP contribution in [0, 0.1) is 6.92 Å². The molecule has 2 heterocycles. The van der Waals surface area contributed by atoms with Crippen LogP contribution in [0.5, 0.6) is 0 Å². The lowest BCUT2D eigenvalue weighted by Crippen LogP contribution is -2.29. The van der Waals surface area contributed by atoms with E-state index >= 15 is 0 Å². The SMILES string of the molecule is Cc1c(C(=O)N(C)CCc2ccncc2)c2ccccc2n1C. The number of aryl methyl sites for hydroxylation is 1. The van der Waals surface area contributed by atoms with Crippen molar-refractivity contribution in [2.24, 2.45) is 7.05 Å². The molecule has 3 rings (SSSR count). The molecule has 1 amide bonds. The Bertz CT molecular complexity index is 836. The van der Waals surface area contributed by atoms with Gasteiger partial charge in [0.05, 0.1) is 5.56 Å². The standard InChI is InChI=1S/C19H21N3O/c1-14-18(16-6-4-5-7-17(16)22(14)3)19(23)21(2)13-10-15-8-11-20-12-9-15/h4-9,11-12H,10,13H2,1-3H3. The molecule has 0 saturated carbocycles. The number of para-hydroxylation sites is 1. The van der Waals surface area contributed by atoms with Crippen molar-refractivity contribution in [1.29, 1.82) is 0 Å². The van der Waals surface area contributed by atoms with Crippen LogP contribution in [0.25, 0.3) is 10.9 Å². The molecule has 0 N–H and O–H groups in total. The molecule has 4 nitrogen and oxygen atoms in total. The van der Waals surface area contributed by atoms with Crippen LogP contribution in [0.4, 0.5) is 0 Å². The highest BCUT2D eigenvalue weighted by atomic mass is 16.2. The number of benzene rings is 1. The zero-order valence-corrected chi connectivity index (χ0v) is 13.8. The van der Waals surface area contributed by atoms with Gasteiger partial charge in [0, 0.05) is 49.6 Å².